The van der Waals surface area contributed by atoms with Crippen molar-refractivity contribution >= 4 is 23.0 Å². The maximum Gasteiger partial charge on any atom is 0.173 e. The minimum atomic E-state index is -0.241. The van der Waals surface area contributed by atoms with Gasteiger partial charge >= 0.3 is 0 Å². The number of halogens is 1. The molecule has 148 valence electrons. The molecule has 0 aliphatic carbocycles. The minimum absolute atomic E-state index is 0.241. The van der Waals surface area contributed by atoms with Gasteiger partial charge in [0.25, 0.3) is 0 Å². The van der Waals surface area contributed by atoms with E-state index in [0.29, 0.717) is 18.2 Å². The first-order chi connectivity index (χ1) is 13.4. The summed E-state index contributed by atoms with van der Waals surface area (Å²) >= 11 is 5.54. The molecule has 3 rings (SSSR count). The van der Waals surface area contributed by atoms with Crippen LogP contribution in [-0.4, -0.2) is 36.6 Å². The Kier molecular flexibility index (Phi) is 6.08. The molecule has 0 fully saturated rings. The van der Waals surface area contributed by atoms with E-state index in [2.05, 4.69) is 29.4 Å². The van der Waals surface area contributed by atoms with E-state index in [1.807, 2.05) is 29.7 Å². The molecule has 0 bridgehead atoms. The second-order valence-corrected chi connectivity index (χ2v) is 7.19. The highest BCUT2D eigenvalue weighted by Gasteiger charge is 2.14. The van der Waals surface area contributed by atoms with E-state index < -0.39 is 0 Å². The smallest absolute Gasteiger partial charge is 0.173 e. The van der Waals surface area contributed by atoms with E-state index >= 15 is 0 Å². The van der Waals surface area contributed by atoms with Gasteiger partial charge in [-0.25, -0.2) is 4.39 Å². The van der Waals surface area contributed by atoms with Gasteiger partial charge in [0.05, 0.1) is 24.1 Å². The van der Waals surface area contributed by atoms with Gasteiger partial charge < -0.3 is 10.2 Å². The maximum atomic E-state index is 13.0. The van der Waals surface area contributed by atoms with Crippen LogP contribution < -0.4 is 5.32 Å². The summed E-state index contributed by atoms with van der Waals surface area (Å²) in [6.45, 7) is 8.31. The number of nitrogens with zero attached hydrogens (tertiary/aromatic N) is 5. The van der Waals surface area contributed by atoms with Crippen LogP contribution in [0.2, 0.25) is 0 Å². The van der Waals surface area contributed by atoms with Crippen molar-refractivity contribution < 1.29 is 4.39 Å². The fraction of sp³-hybridized carbons (Fsp3) is 0.350. The first-order valence-corrected chi connectivity index (χ1v) is 9.60. The van der Waals surface area contributed by atoms with Crippen molar-refractivity contribution in [3.63, 3.8) is 0 Å². The Morgan fingerprint density at radius 3 is 2.61 bits per heavy atom. The van der Waals surface area contributed by atoms with Gasteiger partial charge in [0.1, 0.15) is 5.82 Å². The van der Waals surface area contributed by atoms with Crippen LogP contribution >= 0.6 is 12.2 Å². The molecule has 0 saturated heterocycles. The molecular formula is C20H25FN6S. The second-order valence-electron chi connectivity index (χ2n) is 6.80. The first-order valence-electron chi connectivity index (χ1n) is 9.19. The fourth-order valence-electron chi connectivity index (χ4n) is 3.09. The Hall–Kier alpha value is -2.74. The standard InChI is InChI=1S/C20H25FN6S/c1-5-27-15(3)19(14(2)24-27)13-25(4)20(28)23-18-10-22-26(12-18)11-16-6-8-17(21)9-7-16/h6-10,12H,5,11,13H2,1-4H3,(H,23,28). The highest BCUT2D eigenvalue weighted by atomic mass is 32.1. The van der Waals surface area contributed by atoms with E-state index in [9.17, 15) is 4.39 Å². The van der Waals surface area contributed by atoms with Gasteiger partial charge in [0, 0.05) is 37.6 Å². The zero-order chi connectivity index (χ0) is 20.3. The van der Waals surface area contributed by atoms with Crippen molar-refractivity contribution in [1.82, 2.24) is 24.5 Å². The average Bonchev–Trinajstić information content (AvgIpc) is 3.22. The fourth-order valence-corrected chi connectivity index (χ4v) is 3.27. The van der Waals surface area contributed by atoms with E-state index in [-0.39, 0.29) is 5.82 Å². The first kappa shape index (κ1) is 20.0. The van der Waals surface area contributed by atoms with Crippen molar-refractivity contribution in [1.29, 1.82) is 0 Å². The lowest BCUT2D eigenvalue weighted by atomic mass is 10.2. The lowest BCUT2D eigenvalue weighted by molar-refractivity contribution is 0.504. The van der Waals surface area contributed by atoms with E-state index in [0.717, 1.165) is 23.5 Å². The van der Waals surface area contributed by atoms with Crippen LogP contribution in [0.25, 0.3) is 0 Å². The predicted octanol–water partition coefficient (Wildman–Crippen LogP) is 3.73. The highest BCUT2D eigenvalue weighted by molar-refractivity contribution is 7.80. The molecule has 8 heteroatoms. The number of hydrogen-bond donors (Lipinski definition) is 1. The van der Waals surface area contributed by atoms with Gasteiger partial charge in [0.15, 0.2) is 5.11 Å². The zero-order valence-corrected chi connectivity index (χ0v) is 17.4. The molecular weight excluding hydrogens is 375 g/mol. The van der Waals surface area contributed by atoms with Crippen LogP contribution in [0.4, 0.5) is 10.1 Å². The summed E-state index contributed by atoms with van der Waals surface area (Å²) in [6.07, 6.45) is 3.62. The summed E-state index contributed by atoms with van der Waals surface area (Å²) in [5.74, 6) is -0.241. The van der Waals surface area contributed by atoms with Crippen molar-refractivity contribution in [2.75, 3.05) is 12.4 Å². The third-order valence-corrected chi connectivity index (χ3v) is 5.13. The summed E-state index contributed by atoms with van der Waals surface area (Å²) in [5.41, 5.74) is 5.19. The van der Waals surface area contributed by atoms with Crippen molar-refractivity contribution in [2.45, 2.75) is 40.4 Å². The molecule has 2 aromatic heterocycles. The third kappa shape index (κ3) is 4.56. The van der Waals surface area contributed by atoms with Crippen LogP contribution in [-0.2, 0) is 19.6 Å². The molecule has 1 N–H and O–H groups in total. The number of aromatic nitrogens is 4. The molecule has 1 aromatic carbocycles. The molecule has 0 saturated carbocycles. The molecule has 2 heterocycles. The largest absolute Gasteiger partial charge is 0.348 e. The summed E-state index contributed by atoms with van der Waals surface area (Å²) < 4.78 is 16.8. The lowest BCUT2D eigenvalue weighted by Crippen LogP contribution is -2.30. The summed E-state index contributed by atoms with van der Waals surface area (Å²) in [4.78, 5) is 1.99. The molecule has 3 aromatic rings. The lowest BCUT2D eigenvalue weighted by Gasteiger charge is -2.20. The Balaban J connectivity index is 1.61. The van der Waals surface area contributed by atoms with Crippen LogP contribution in [0.5, 0.6) is 0 Å². The van der Waals surface area contributed by atoms with Gasteiger partial charge in [-0.15, -0.1) is 0 Å². The van der Waals surface area contributed by atoms with Crippen LogP contribution in [0.3, 0.4) is 0 Å². The molecule has 0 aliphatic rings. The van der Waals surface area contributed by atoms with Gasteiger partial charge in [-0.1, -0.05) is 12.1 Å². The second kappa shape index (κ2) is 8.52. The number of nitrogens with one attached hydrogen (secondary N) is 1. The number of rotatable bonds is 6. The molecule has 0 aliphatic heterocycles. The Morgan fingerprint density at radius 2 is 1.96 bits per heavy atom. The van der Waals surface area contributed by atoms with E-state index in [4.69, 9.17) is 12.2 Å². The number of hydrogen-bond acceptors (Lipinski definition) is 3. The Morgan fingerprint density at radius 1 is 1.25 bits per heavy atom. The quantitative estimate of drug-likeness (QED) is 0.639. The van der Waals surface area contributed by atoms with Gasteiger partial charge in [-0.3, -0.25) is 9.36 Å². The van der Waals surface area contributed by atoms with Crippen LogP contribution in [0, 0.1) is 19.7 Å². The summed E-state index contributed by atoms with van der Waals surface area (Å²) in [5, 5.41) is 12.7. The van der Waals surface area contributed by atoms with Gasteiger partial charge in [0.2, 0.25) is 0 Å². The molecule has 0 radical (unpaired) electrons. The van der Waals surface area contributed by atoms with E-state index in [1.54, 1.807) is 23.0 Å². The SMILES string of the molecule is CCn1nc(C)c(CN(C)C(=S)Nc2cnn(Cc3ccc(F)cc3)c2)c1C. The van der Waals surface area contributed by atoms with Crippen molar-refractivity contribution in [2.24, 2.45) is 0 Å². The molecule has 0 spiro atoms. The van der Waals surface area contributed by atoms with Crippen LogP contribution in [0.15, 0.2) is 36.7 Å². The van der Waals surface area contributed by atoms with Gasteiger partial charge in [-0.05, 0) is 50.7 Å². The summed E-state index contributed by atoms with van der Waals surface area (Å²) in [6, 6.07) is 6.41. The molecule has 28 heavy (non-hydrogen) atoms. The predicted molar refractivity (Wildman–Crippen MR) is 113 cm³/mol. The third-order valence-electron chi connectivity index (χ3n) is 4.72. The monoisotopic (exact) mass is 400 g/mol. The minimum Gasteiger partial charge on any atom is -0.348 e. The Labute approximate surface area is 170 Å². The van der Waals surface area contributed by atoms with Crippen molar-refractivity contribution in [3.8, 4) is 0 Å². The normalized spacial score (nSPS) is 10.9. The van der Waals surface area contributed by atoms with Crippen molar-refractivity contribution in [3.05, 3.63) is 65.0 Å². The van der Waals surface area contributed by atoms with Crippen LogP contribution in [0.1, 0.15) is 29.4 Å². The number of anilines is 1. The number of thiocarbonyl (C=S) groups is 1. The molecule has 0 amide bonds. The van der Waals surface area contributed by atoms with Gasteiger partial charge in [-0.2, -0.15) is 10.2 Å². The zero-order valence-electron chi connectivity index (χ0n) is 16.6. The van der Waals surface area contributed by atoms with E-state index in [1.165, 1.54) is 23.4 Å². The molecule has 0 unspecified atom stereocenters. The highest BCUT2D eigenvalue weighted by Crippen LogP contribution is 2.16. The Bertz CT molecular complexity index is 960. The molecule has 6 nitrogen and oxygen atoms in total. The number of aryl methyl sites for hydroxylation is 2. The number of benzene rings is 1. The average molecular weight is 401 g/mol. The topological polar surface area (TPSA) is 50.9 Å². The summed E-state index contributed by atoms with van der Waals surface area (Å²) in [7, 11) is 1.96. The maximum absolute atomic E-state index is 13.0. The molecule has 0 atom stereocenters.